The summed E-state index contributed by atoms with van der Waals surface area (Å²) >= 11 is 0. The van der Waals surface area contributed by atoms with Crippen molar-refractivity contribution in [2.45, 2.75) is 12.8 Å². The van der Waals surface area contributed by atoms with E-state index in [1.165, 1.54) is 11.0 Å². The Morgan fingerprint density at radius 3 is 2.76 bits per heavy atom. The molecule has 0 radical (unpaired) electrons. The fraction of sp³-hybridized carbons (Fsp3) is 0.222. The summed E-state index contributed by atoms with van der Waals surface area (Å²) < 4.78 is 31.6. The molecule has 0 aromatic heterocycles. The Balaban J connectivity index is 1.74. The second-order valence-corrected chi connectivity index (χ2v) is 5.71. The molecule has 1 aliphatic rings. The van der Waals surface area contributed by atoms with Crippen molar-refractivity contribution in [2.75, 3.05) is 23.9 Å². The Morgan fingerprint density at radius 2 is 2.00 bits per heavy atom. The number of halogens is 2. The van der Waals surface area contributed by atoms with E-state index in [9.17, 15) is 18.4 Å². The molecule has 0 aliphatic carbocycles. The third kappa shape index (κ3) is 3.76. The number of nitrogens with one attached hydrogen (secondary N) is 1. The zero-order valence-corrected chi connectivity index (χ0v) is 13.5. The van der Waals surface area contributed by atoms with Gasteiger partial charge in [-0.3, -0.25) is 9.59 Å². The molecule has 2 aromatic rings. The minimum atomic E-state index is -1.03. The van der Waals surface area contributed by atoms with Gasteiger partial charge in [0.05, 0.1) is 25.1 Å². The van der Waals surface area contributed by atoms with E-state index in [0.29, 0.717) is 23.6 Å². The van der Waals surface area contributed by atoms with Crippen LogP contribution in [0.15, 0.2) is 36.4 Å². The van der Waals surface area contributed by atoms with Gasteiger partial charge in [-0.1, -0.05) is 6.07 Å². The van der Waals surface area contributed by atoms with E-state index in [2.05, 4.69) is 5.32 Å². The molecule has 1 aliphatic heterocycles. The number of carbonyl (C=O) groups excluding carboxylic acids is 2. The van der Waals surface area contributed by atoms with E-state index >= 15 is 0 Å². The second kappa shape index (κ2) is 6.88. The minimum Gasteiger partial charge on any atom is -0.491 e. The third-order valence-corrected chi connectivity index (χ3v) is 3.90. The summed E-state index contributed by atoms with van der Waals surface area (Å²) in [5.74, 6) is -1.87. The van der Waals surface area contributed by atoms with Gasteiger partial charge < -0.3 is 15.0 Å². The van der Waals surface area contributed by atoms with Crippen LogP contribution in [0.1, 0.15) is 12.0 Å². The van der Waals surface area contributed by atoms with Crippen LogP contribution >= 0.6 is 0 Å². The molecule has 1 N–H and O–H groups in total. The number of rotatable bonds is 3. The minimum absolute atomic E-state index is 0.0221. The third-order valence-electron chi connectivity index (χ3n) is 3.90. The Kier molecular flexibility index (Phi) is 4.65. The number of benzene rings is 2. The fourth-order valence-electron chi connectivity index (χ4n) is 2.57. The maximum atomic E-state index is 13.2. The topological polar surface area (TPSA) is 58.6 Å². The Hall–Kier alpha value is -2.96. The molecule has 1 heterocycles. The molecule has 7 heteroatoms. The summed E-state index contributed by atoms with van der Waals surface area (Å²) in [4.78, 5) is 25.5. The van der Waals surface area contributed by atoms with Crippen LogP contribution < -0.4 is 15.0 Å². The van der Waals surface area contributed by atoms with Gasteiger partial charge in [0, 0.05) is 18.8 Å². The van der Waals surface area contributed by atoms with Gasteiger partial charge in [-0.25, -0.2) is 8.78 Å². The van der Waals surface area contributed by atoms with Crippen LogP contribution in [0, 0.1) is 11.6 Å². The van der Waals surface area contributed by atoms with Gasteiger partial charge in [0.15, 0.2) is 11.6 Å². The molecule has 0 unspecified atom stereocenters. The van der Waals surface area contributed by atoms with Crippen molar-refractivity contribution in [3.05, 3.63) is 53.6 Å². The summed E-state index contributed by atoms with van der Waals surface area (Å²) in [6.45, 7) is 0.312. The van der Waals surface area contributed by atoms with Gasteiger partial charge in [0.25, 0.3) is 0 Å². The van der Waals surface area contributed by atoms with Gasteiger partial charge in [-0.15, -0.1) is 0 Å². The van der Waals surface area contributed by atoms with Crippen LogP contribution in [0.4, 0.5) is 20.2 Å². The summed E-state index contributed by atoms with van der Waals surface area (Å²) in [7, 11) is 1.65. The zero-order chi connectivity index (χ0) is 18.0. The molecule has 25 heavy (non-hydrogen) atoms. The van der Waals surface area contributed by atoms with Gasteiger partial charge in [-0.2, -0.15) is 0 Å². The highest BCUT2D eigenvalue weighted by Crippen LogP contribution is 2.31. The number of ether oxygens (including phenoxy) is 1. The lowest BCUT2D eigenvalue weighted by Gasteiger charge is -2.17. The van der Waals surface area contributed by atoms with Crippen LogP contribution in [0.5, 0.6) is 5.75 Å². The standard InChI is InChI=1S/C18H16F2N2O3/c1-22-15-8-11(2-5-16(15)25-7-6-18(22)24)9-17(23)21-12-3-4-13(19)14(20)10-12/h2-5,8,10H,6-7,9H2,1H3,(H,21,23). The average Bonchev–Trinajstić information content (AvgIpc) is 2.71. The van der Waals surface area contributed by atoms with E-state index in [-0.39, 0.29) is 30.3 Å². The quantitative estimate of drug-likeness (QED) is 0.930. The maximum Gasteiger partial charge on any atom is 0.230 e. The highest BCUT2D eigenvalue weighted by molar-refractivity contribution is 5.96. The maximum absolute atomic E-state index is 13.2. The van der Waals surface area contributed by atoms with Crippen LogP contribution in [0.25, 0.3) is 0 Å². The first-order valence-electron chi connectivity index (χ1n) is 7.71. The van der Waals surface area contributed by atoms with E-state index < -0.39 is 11.6 Å². The molecule has 5 nitrogen and oxygen atoms in total. The summed E-state index contributed by atoms with van der Waals surface area (Å²) in [6.07, 6.45) is 0.311. The molecule has 2 aromatic carbocycles. The van der Waals surface area contributed by atoms with Crippen molar-refractivity contribution >= 4 is 23.2 Å². The van der Waals surface area contributed by atoms with Gasteiger partial charge in [0.2, 0.25) is 11.8 Å². The number of nitrogens with zero attached hydrogens (tertiary/aromatic N) is 1. The van der Waals surface area contributed by atoms with Crippen molar-refractivity contribution in [2.24, 2.45) is 0 Å². The van der Waals surface area contributed by atoms with E-state index in [0.717, 1.165) is 12.1 Å². The molecular formula is C18H16F2N2O3. The predicted octanol–water partition coefficient (Wildman–Crippen LogP) is 2.89. The highest BCUT2D eigenvalue weighted by atomic mass is 19.2. The van der Waals surface area contributed by atoms with E-state index in [1.807, 2.05) is 0 Å². The lowest BCUT2D eigenvalue weighted by molar-refractivity contribution is -0.118. The summed E-state index contributed by atoms with van der Waals surface area (Å²) in [6, 6.07) is 8.31. The first-order chi connectivity index (χ1) is 11.9. The molecular weight excluding hydrogens is 330 g/mol. The summed E-state index contributed by atoms with van der Waals surface area (Å²) in [5.41, 5.74) is 1.44. The number of amides is 2. The molecule has 0 spiro atoms. The Labute approximate surface area is 143 Å². The molecule has 3 rings (SSSR count). The van der Waals surface area contributed by atoms with Crippen molar-refractivity contribution in [1.29, 1.82) is 0 Å². The molecule has 0 atom stereocenters. The molecule has 0 saturated heterocycles. The molecule has 0 saturated carbocycles. The first-order valence-corrected chi connectivity index (χ1v) is 7.71. The zero-order valence-electron chi connectivity index (χ0n) is 13.5. The number of fused-ring (bicyclic) bond motifs is 1. The predicted molar refractivity (Wildman–Crippen MR) is 88.7 cm³/mol. The van der Waals surface area contributed by atoms with E-state index in [1.54, 1.807) is 25.2 Å². The van der Waals surface area contributed by atoms with Crippen molar-refractivity contribution in [3.63, 3.8) is 0 Å². The lowest BCUT2D eigenvalue weighted by Crippen LogP contribution is -2.25. The number of hydrogen-bond acceptors (Lipinski definition) is 3. The SMILES string of the molecule is CN1C(=O)CCOc2ccc(CC(=O)Nc3ccc(F)c(F)c3)cc21. The van der Waals surface area contributed by atoms with Crippen LogP contribution in [0.3, 0.4) is 0 Å². The first kappa shape index (κ1) is 16.9. The largest absolute Gasteiger partial charge is 0.491 e. The van der Waals surface area contributed by atoms with Crippen LogP contribution in [0.2, 0.25) is 0 Å². The van der Waals surface area contributed by atoms with E-state index in [4.69, 9.17) is 4.74 Å². The Bertz CT molecular complexity index is 839. The molecule has 0 fully saturated rings. The van der Waals surface area contributed by atoms with Crippen molar-refractivity contribution in [1.82, 2.24) is 0 Å². The van der Waals surface area contributed by atoms with Gasteiger partial charge in [-0.05, 0) is 29.8 Å². The fourth-order valence-corrected chi connectivity index (χ4v) is 2.57. The number of carbonyl (C=O) groups is 2. The molecule has 0 bridgehead atoms. The van der Waals surface area contributed by atoms with Crippen LogP contribution in [-0.2, 0) is 16.0 Å². The van der Waals surface area contributed by atoms with Crippen molar-refractivity contribution in [3.8, 4) is 5.75 Å². The summed E-state index contributed by atoms with van der Waals surface area (Å²) in [5, 5.41) is 2.51. The normalized spacial score (nSPS) is 13.7. The van der Waals surface area contributed by atoms with Crippen molar-refractivity contribution < 1.29 is 23.1 Å². The number of hydrogen-bond donors (Lipinski definition) is 1. The Morgan fingerprint density at radius 1 is 1.20 bits per heavy atom. The number of anilines is 2. The monoisotopic (exact) mass is 346 g/mol. The van der Waals surface area contributed by atoms with Crippen LogP contribution in [-0.4, -0.2) is 25.5 Å². The van der Waals surface area contributed by atoms with Gasteiger partial charge >= 0.3 is 0 Å². The molecule has 130 valence electrons. The highest BCUT2D eigenvalue weighted by Gasteiger charge is 2.20. The average molecular weight is 346 g/mol. The lowest BCUT2D eigenvalue weighted by atomic mass is 10.1. The smallest absolute Gasteiger partial charge is 0.230 e. The second-order valence-electron chi connectivity index (χ2n) is 5.71. The molecule has 2 amide bonds. The van der Waals surface area contributed by atoms with Gasteiger partial charge in [0.1, 0.15) is 5.75 Å².